The first-order valence-electron chi connectivity index (χ1n) is 11.3. The Balaban J connectivity index is 1.33. The summed E-state index contributed by atoms with van der Waals surface area (Å²) < 4.78 is 33.7. The summed E-state index contributed by atoms with van der Waals surface area (Å²) >= 11 is 1.56. The van der Waals surface area contributed by atoms with Crippen LogP contribution in [0, 0.1) is 0 Å². The Labute approximate surface area is 215 Å². The Hall–Kier alpha value is -3.59. The number of carbonyl (C=O) groups is 1. The predicted molar refractivity (Wildman–Crippen MR) is 143 cm³/mol. The van der Waals surface area contributed by atoms with Gasteiger partial charge in [0.1, 0.15) is 5.75 Å². The third-order valence-corrected chi connectivity index (χ3v) is 7.91. The highest BCUT2D eigenvalue weighted by molar-refractivity contribution is 7.99. The van der Waals surface area contributed by atoms with Gasteiger partial charge in [0.15, 0.2) is 6.61 Å². The molecule has 1 amide bonds. The first-order valence-corrected chi connectivity index (χ1v) is 13.6. The lowest BCUT2D eigenvalue weighted by molar-refractivity contribution is -0.118. The fourth-order valence-electron chi connectivity index (χ4n) is 3.44. The zero-order valence-corrected chi connectivity index (χ0v) is 21.3. The highest BCUT2D eigenvalue weighted by atomic mass is 32.2. The van der Waals surface area contributed by atoms with E-state index in [9.17, 15) is 13.2 Å². The SMILES string of the molecule is C[C@@H](NS(=O)(=O)c1ccc(OCC(=O)Nc2ccccc2Sc2ccccc2)cc1)c1ccccc1. The van der Waals surface area contributed by atoms with Crippen LogP contribution < -0.4 is 14.8 Å². The molecule has 0 aliphatic rings. The molecule has 6 nitrogen and oxygen atoms in total. The topological polar surface area (TPSA) is 84.5 Å². The van der Waals surface area contributed by atoms with Crippen molar-refractivity contribution in [2.75, 3.05) is 11.9 Å². The standard InChI is InChI=1S/C28H26N2O4S2/c1-21(22-10-4-2-5-11-22)30-36(32,33)25-18-16-23(17-19-25)34-20-28(31)29-26-14-8-9-15-27(26)35-24-12-6-3-7-13-24/h2-19,21,30H,20H2,1H3,(H,29,31)/t21-/m1/s1. The van der Waals surface area contributed by atoms with Crippen LogP contribution in [0.5, 0.6) is 5.75 Å². The Morgan fingerprint density at radius 1 is 0.833 bits per heavy atom. The summed E-state index contributed by atoms with van der Waals surface area (Å²) in [6.07, 6.45) is 0. The second-order valence-electron chi connectivity index (χ2n) is 7.97. The molecule has 0 heterocycles. The molecule has 0 spiro atoms. The van der Waals surface area contributed by atoms with Crippen molar-refractivity contribution in [3.05, 3.63) is 115 Å². The van der Waals surface area contributed by atoms with Gasteiger partial charge in [-0.05, 0) is 61.0 Å². The van der Waals surface area contributed by atoms with Crippen molar-refractivity contribution in [2.45, 2.75) is 27.7 Å². The lowest BCUT2D eigenvalue weighted by Gasteiger charge is -2.15. The van der Waals surface area contributed by atoms with Gasteiger partial charge in [-0.1, -0.05) is 72.4 Å². The van der Waals surface area contributed by atoms with Crippen molar-refractivity contribution in [1.82, 2.24) is 4.72 Å². The Morgan fingerprint density at radius 3 is 2.14 bits per heavy atom. The number of ether oxygens (including phenoxy) is 1. The zero-order valence-electron chi connectivity index (χ0n) is 19.6. The maximum atomic E-state index is 12.7. The number of carbonyl (C=O) groups excluding carboxylic acids is 1. The number of hydrogen-bond donors (Lipinski definition) is 2. The molecule has 0 fully saturated rings. The van der Waals surface area contributed by atoms with Crippen molar-refractivity contribution in [3.8, 4) is 5.75 Å². The molecule has 0 bridgehead atoms. The van der Waals surface area contributed by atoms with E-state index in [-0.39, 0.29) is 23.5 Å². The third-order valence-electron chi connectivity index (χ3n) is 5.27. The van der Waals surface area contributed by atoms with Crippen LogP contribution >= 0.6 is 11.8 Å². The molecule has 1 atom stereocenters. The molecule has 0 saturated carbocycles. The first-order chi connectivity index (χ1) is 17.4. The summed E-state index contributed by atoms with van der Waals surface area (Å²) in [5.74, 6) is 0.0818. The van der Waals surface area contributed by atoms with Gasteiger partial charge in [-0.25, -0.2) is 13.1 Å². The van der Waals surface area contributed by atoms with Gasteiger partial charge in [0, 0.05) is 15.8 Å². The summed E-state index contributed by atoms with van der Waals surface area (Å²) in [7, 11) is -3.71. The number of benzene rings is 4. The molecule has 0 unspecified atom stereocenters. The van der Waals surface area contributed by atoms with E-state index in [0.29, 0.717) is 11.4 Å². The van der Waals surface area contributed by atoms with Gasteiger partial charge < -0.3 is 10.1 Å². The molecule has 0 saturated heterocycles. The maximum Gasteiger partial charge on any atom is 0.262 e. The van der Waals surface area contributed by atoms with Gasteiger partial charge >= 0.3 is 0 Å². The van der Waals surface area contributed by atoms with Crippen molar-refractivity contribution in [2.24, 2.45) is 0 Å². The molecular formula is C28H26N2O4S2. The molecule has 4 aromatic rings. The van der Waals surface area contributed by atoms with E-state index in [1.54, 1.807) is 18.7 Å². The lowest BCUT2D eigenvalue weighted by atomic mass is 10.1. The number of anilines is 1. The minimum atomic E-state index is -3.71. The number of sulfonamides is 1. The van der Waals surface area contributed by atoms with Crippen LogP contribution in [0.3, 0.4) is 0 Å². The zero-order chi connectivity index (χ0) is 25.4. The summed E-state index contributed by atoms with van der Waals surface area (Å²) in [5, 5.41) is 2.88. The molecular weight excluding hydrogens is 492 g/mol. The molecule has 4 rings (SSSR count). The summed E-state index contributed by atoms with van der Waals surface area (Å²) in [5.41, 5.74) is 1.57. The minimum absolute atomic E-state index is 0.119. The molecule has 0 aliphatic carbocycles. The highest BCUT2D eigenvalue weighted by Crippen LogP contribution is 2.33. The van der Waals surface area contributed by atoms with Crippen LogP contribution in [-0.2, 0) is 14.8 Å². The van der Waals surface area contributed by atoms with Crippen molar-refractivity contribution >= 4 is 33.4 Å². The van der Waals surface area contributed by atoms with Crippen molar-refractivity contribution < 1.29 is 17.9 Å². The van der Waals surface area contributed by atoms with E-state index in [4.69, 9.17) is 4.74 Å². The van der Waals surface area contributed by atoms with Gasteiger partial charge in [0.05, 0.1) is 10.6 Å². The van der Waals surface area contributed by atoms with E-state index >= 15 is 0 Å². The largest absolute Gasteiger partial charge is 0.484 e. The summed E-state index contributed by atoms with van der Waals surface area (Å²) in [6.45, 7) is 1.58. The smallest absolute Gasteiger partial charge is 0.262 e. The average molecular weight is 519 g/mol. The van der Waals surface area contributed by atoms with Gasteiger partial charge in [-0.15, -0.1) is 0 Å². The average Bonchev–Trinajstić information content (AvgIpc) is 2.90. The van der Waals surface area contributed by atoms with Crippen molar-refractivity contribution in [1.29, 1.82) is 0 Å². The Bertz CT molecular complexity index is 1390. The molecule has 36 heavy (non-hydrogen) atoms. The Morgan fingerprint density at radius 2 is 1.44 bits per heavy atom. The quantitative estimate of drug-likeness (QED) is 0.273. The molecule has 8 heteroatoms. The molecule has 0 aromatic heterocycles. The minimum Gasteiger partial charge on any atom is -0.484 e. The maximum absolute atomic E-state index is 12.7. The van der Waals surface area contributed by atoms with E-state index in [0.717, 1.165) is 15.4 Å². The number of amides is 1. The van der Waals surface area contributed by atoms with Gasteiger partial charge in [0.2, 0.25) is 10.0 Å². The van der Waals surface area contributed by atoms with E-state index in [2.05, 4.69) is 10.0 Å². The normalized spacial score (nSPS) is 12.0. The van der Waals surface area contributed by atoms with E-state index in [1.807, 2.05) is 84.9 Å². The van der Waals surface area contributed by atoms with Crippen LogP contribution in [0.15, 0.2) is 124 Å². The van der Waals surface area contributed by atoms with Crippen molar-refractivity contribution in [3.63, 3.8) is 0 Å². The Kier molecular flexibility index (Phi) is 8.43. The molecule has 4 aromatic carbocycles. The first kappa shape index (κ1) is 25.5. The molecule has 184 valence electrons. The van der Waals surface area contributed by atoms with Crippen LogP contribution in [0.2, 0.25) is 0 Å². The van der Waals surface area contributed by atoms with Crippen LogP contribution in [0.4, 0.5) is 5.69 Å². The van der Waals surface area contributed by atoms with E-state index < -0.39 is 10.0 Å². The van der Waals surface area contributed by atoms with Gasteiger partial charge in [0.25, 0.3) is 5.91 Å². The van der Waals surface area contributed by atoms with Crippen LogP contribution in [0.1, 0.15) is 18.5 Å². The number of nitrogens with one attached hydrogen (secondary N) is 2. The molecule has 0 radical (unpaired) electrons. The molecule has 0 aliphatic heterocycles. The second-order valence-corrected chi connectivity index (χ2v) is 10.8. The third kappa shape index (κ3) is 6.97. The second kappa shape index (κ2) is 11.9. The fourth-order valence-corrected chi connectivity index (χ4v) is 5.59. The molecule has 2 N–H and O–H groups in total. The van der Waals surface area contributed by atoms with Crippen LogP contribution in [0.25, 0.3) is 0 Å². The van der Waals surface area contributed by atoms with Crippen LogP contribution in [-0.4, -0.2) is 20.9 Å². The monoisotopic (exact) mass is 518 g/mol. The number of para-hydroxylation sites is 1. The summed E-state index contributed by atoms with van der Waals surface area (Å²) in [6, 6.07) is 32.4. The van der Waals surface area contributed by atoms with Gasteiger partial charge in [-0.3, -0.25) is 4.79 Å². The fraction of sp³-hybridized carbons (Fsp3) is 0.107. The lowest BCUT2D eigenvalue weighted by Crippen LogP contribution is -2.26. The van der Waals surface area contributed by atoms with Gasteiger partial charge in [-0.2, -0.15) is 0 Å². The predicted octanol–water partition coefficient (Wildman–Crippen LogP) is 5.89. The highest BCUT2D eigenvalue weighted by Gasteiger charge is 2.18. The van der Waals surface area contributed by atoms with E-state index in [1.165, 1.54) is 24.3 Å². The number of hydrogen-bond acceptors (Lipinski definition) is 5. The summed E-state index contributed by atoms with van der Waals surface area (Å²) in [4.78, 5) is 14.6. The number of rotatable bonds is 10.